The van der Waals surface area contributed by atoms with Gasteiger partial charge < -0.3 is 9.47 Å². The summed E-state index contributed by atoms with van der Waals surface area (Å²) in [6, 6.07) is 0. The Morgan fingerprint density at radius 2 is 2.45 bits per heavy atom. The van der Waals surface area contributed by atoms with Crippen molar-refractivity contribution in [2.24, 2.45) is 5.41 Å². The molecule has 1 unspecified atom stereocenters. The number of ether oxygens (including phenoxy) is 2. The van der Waals surface area contributed by atoms with Crippen molar-refractivity contribution in [3.05, 3.63) is 36.5 Å². The second-order valence-corrected chi connectivity index (χ2v) is 6.10. The first-order chi connectivity index (χ1) is 9.76. The zero-order chi connectivity index (χ0) is 14.4. The van der Waals surface area contributed by atoms with E-state index in [0.29, 0.717) is 11.9 Å². The average Bonchev–Trinajstić information content (AvgIpc) is 2.47. The number of rotatable bonds is 7. The van der Waals surface area contributed by atoms with Crippen molar-refractivity contribution in [2.75, 3.05) is 11.9 Å². The maximum atomic E-state index is 6.30. The lowest BCUT2D eigenvalue weighted by Crippen LogP contribution is -2.43. The third-order valence-electron chi connectivity index (χ3n) is 4.28. The van der Waals surface area contributed by atoms with Crippen LogP contribution in [0.3, 0.4) is 0 Å². The molecule has 2 aliphatic carbocycles. The van der Waals surface area contributed by atoms with E-state index in [1.165, 1.54) is 18.4 Å². The van der Waals surface area contributed by atoms with Gasteiger partial charge in [0.15, 0.2) is 6.29 Å². The zero-order valence-corrected chi connectivity index (χ0v) is 13.9. The van der Waals surface area contributed by atoms with E-state index in [1.54, 1.807) is 0 Å². The molecule has 0 aromatic carbocycles. The normalized spacial score (nSPS) is 30.5. The standard InChI is InChI=1S/C17H25BrO2/c1-3-11-17-12-6-5-8-14(17)9-7-10-15(17)20-16(13-18)19-4-2/h3,6,8,12,15-16H,1,4-5,7,9-11,13H2,2H3/t15-,16?,17+/m1/s1. The summed E-state index contributed by atoms with van der Waals surface area (Å²) in [5.41, 5.74) is 1.54. The lowest BCUT2D eigenvalue weighted by Gasteiger charge is -2.46. The van der Waals surface area contributed by atoms with Crippen molar-refractivity contribution >= 4 is 15.9 Å². The Morgan fingerprint density at radius 3 is 3.15 bits per heavy atom. The minimum absolute atomic E-state index is 0.00969. The predicted octanol–water partition coefficient (Wildman–Crippen LogP) is 4.76. The third-order valence-corrected chi connectivity index (χ3v) is 4.81. The van der Waals surface area contributed by atoms with Gasteiger partial charge in [0, 0.05) is 12.0 Å². The highest BCUT2D eigenvalue weighted by Crippen LogP contribution is 2.49. The van der Waals surface area contributed by atoms with Crippen LogP contribution in [0.25, 0.3) is 0 Å². The Bertz CT molecular complexity index is 388. The maximum Gasteiger partial charge on any atom is 0.167 e. The molecule has 20 heavy (non-hydrogen) atoms. The second-order valence-electron chi connectivity index (χ2n) is 5.46. The lowest BCUT2D eigenvalue weighted by atomic mass is 9.64. The van der Waals surface area contributed by atoms with Crippen LogP contribution in [-0.2, 0) is 9.47 Å². The molecule has 3 atom stereocenters. The van der Waals surface area contributed by atoms with Crippen LogP contribution >= 0.6 is 15.9 Å². The molecular weight excluding hydrogens is 316 g/mol. The minimum atomic E-state index is -0.165. The zero-order valence-electron chi connectivity index (χ0n) is 12.3. The van der Waals surface area contributed by atoms with Crippen molar-refractivity contribution in [1.82, 2.24) is 0 Å². The maximum absolute atomic E-state index is 6.30. The molecule has 0 aromatic rings. The van der Waals surface area contributed by atoms with Gasteiger partial charge in [-0.05, 0) is 39.0 Å². The van der Waals surface area contributed by atoms with E-state index in [9.17, 15) is 0 Å². The van der Waals surface area contributed by atoms with Crippen molar-refractivity contribution in [3.8, 4) is 0 Å². The molecule has 0 aliphatic heterocycles. The van der Waals surface area contributed by atoms with Gasteiger partial charge in [-0.25, -0.2) is 0 Å². The van der Waals surface area contributed by atoms with Gasteiger partial charge in [0.2, 0.25) is 0 Å². The lowest BCUT2D eigenvalue weighted by molar-refractivity contribution is -0.178. The van der Waals surface area contributed by atoms with E-state index >= 15 is 0 Å². The minimum Gasteiger partial charge on any atom is -0.352 e. The van der Waals surface area contributed by atoms with Crippen molar-refractivity contribution in [3.63, 3.8) is 0 Å². The fraction of sp³-hybridized carbons (Fsp3) is 0.647. The highest BCUT2D eigenvalue weighted by atomic mass is 79.9. The van der Waals surface area contributed by atoms with E-state index in [0.717, 1.165) is 19.3 Å². The number of hydrogen-bond donors (Lipinski definition) is 0. The van der Waals surface area contributed by atoms with Crippen LogP contribution in [0.4, 0.5) is 0 Å². The van der Waals surface area contributed by atoms with E-state index in [-0.39, 0.29) is 17.8 Å². The summed E-state index contributed by atoms with van der Waals surface area (Å²) in [5.74, 6) is 0. The summed E-state index contributed by atoms with van der Waals surface area (Å²) < 4.78 is 12.0. The third kappa shape index (κ3) is 3.26. The molecule has 112 valence electrons. The Hall–Kier alpha value is -0.380. The molecule has 2 aliphatic rings. The van der Waals surface area contributed by atoms with Crippen LogP contribution in [0.15, 0.2) is 36.5 Å². The molecule has 2 nitrogen and oxygen atoms in total. The Kier molecular flexibility index (Phi) is 6.06. The summed E-state index contributed by atoms with van der Waals surface area (Å²) in [4.78, 5) is 0. The van der Waals surface area contributed by atoms with E-state index in [2.05, 4.69) is 40.7 Å². The number of halogens is 1. The highest BCUT2D eigenvalue weighted by Gasteiger charge is 2.43. The van der Waals surface area contributed by atoms with Gasteiger partial charge in [-0.1, -0.05) is 45.8 Å². The molecule has 0 bridgehead atoms. The number of fused-ring (bicyclic) bond motifs is 1. The van der Waals surface area contributed by atoms with E-state index in [1.807, 2.05) is 13.0 Å². The largest absolute Gasteiger partial charge is 0.352 e. The topological polar surface area (TPSA) is 18.5 Å². The quantitative estimate of drug-likeness (QED) is 0.378. The average molecular weight is 341 g/mol. The summed E-state index contributed by atoms with van der Waals surface area (Å²) in [5, 5.41) is 0.713. The fourth-order valence-corrected chi connectivity index (χ4v) is 3.76. The molecule has 0 N–H and O–H groups in total. The van der Waals surface area contributed by atoms with Crippen LogP contribution < -0.4 is 0 Å². The Labute approximate surface area is 131 Å². The monoisotopic (exact) mass is 340 g/mol. The van der Waals surface area contributed by atoms with Gasteiger partial charge in [0.25, 0.3) is 0 Å². The first-order valence-corrected chi connectivity index (χ1v) is 8.70. The second kappa shape index (κ2) is 7.58. The number of hydrogen-bond acceptors (Lipinski definition) is 2. The van der Waals surface area contributed by atoms with Gasteiger partial charge in [0.1, 0.15) is 0 Å². The molecule has 0 radical (unpaired) electrons. The molecule has 0 spiro atoms. The molecule has 0 amide bonds. The van der Waals surface area contributed by atoms with Crippen LogP contribution in [0, 0.1) is 5.41 Å². The summed E-state index contributed by atoms with van der Waals surface area (Å²) in [6.07, 6.45) is 14.5. The molecule has 1 saturated carbocycles. The van der Waals surface area contributed by atoms with Crippen molar-refractivity contribution < 1.29 is 9.47 Å². The van der Waals surface area contributed by atoms with Crippen LogP contribution in [0.1, 0.15) is 39.0 Å². The van der Waals surface area contributed by atoms with Gasteiger partial charge >= 0.3 is 0 Å². The van der Waals surface area contributed by atoms with Gasteiger partial charge in [-0.15, -0.1) is 6.58 Å². The summed E-state index contributed by atoms with van der Waals surface area (Å²) in [6.45, 7) is 6.64. The first-order valence-electron chi connectivity index (χ1n) is 7.58. The molecule has 3 heteroatoms. The van der Waals surface area contributed by atoms with E-state index in [4.69, 9.17) is 9.47 Å². The fourth-order valence-electron chi connectivity index (χ4n) is 3.42. The van der Waals surface area contributed by atoms with Crippen LogP contribution in [-0.4, -0.2) is 24.3 Å². The first kappa shape index (κ1) is 16.0. The molecule has 2 rings (SSSR count). The van der Waals surface area contributed by atoms with Gasteiger partial charge in [-0.3, -0.25) is 0 Å². The molecule has 1 fully saturated rings. The molecule has 0 heterocycles. The summed E-state index contributed by atoms with van der Waals surface area (Å²) in [7, 11) is 0. The van der Waals surface area contributed by atoms with Gasteiger partial charge in [-0.2, -0.15) is 0 Å². The highest BCUT2D eigenvalue weighted by molar-refractivity contribution is 9.09. The predicted molar refractivity (Wildman–Crippen MR) is 87.0 cm³/mol. The Balaban J connectivity index is 2.20. The number of alkyl halides is 1. The van der Waals surface area contributed by atoms with Gasteiger partial charge in [0.05, 0.1) is 11.4 Å². The van der Waals surface area contributed by atoms with Crippen molar-refractivity contribution in [1.29, 1.82) is 0 Å². The molecule has 0 aromatic heterocycles. The SMILES string of the molecule is C=CC[C@]12C=CCC=C1CCC[C@H]2OC(CBr)OCC. The summed E-state index contributed by atoms with van der Waals surface area (Å²) >= 11 is 3.49. The Morgan fingerprint density at radius 1 is 1.60 bits per heavy atom. The smallest absolute Gasteiger partial charge is 0.167 e. The van der Waals surface area contributed by atoms with Crippen LogP contribution in [0.5, 0.6) is 0 Å². The molecular formula is C17H25BrO2. The van der Waals surface area contributed by atoms with Crippen molar-refractivity contribution in [2.45, 2.75) is 51.4 Å². The number of allylic oxidation sites excluding steroid dienone is 3. The van der Waals surface area contributed by atoms with Crippen LogP contribution in [0.2, 0.25) is 0 Å². The van der Waals surface area contributed by atoms with E-state index < -0.39 is 0 Å². The molecule has 0 saturated heterocycles.